The number of nitrogens with zero attached hydrogens (tertiary/aromatic N) is 2. The number of aliphatic imine (C=N–C) groups is 1. The van der Waals surface area contributed by atoms with E-state index in [1.54, 1.807) is 23.5 Å². The minimum absolute atomic E-state index is 0. The normalized spacial score (nSPS) is 10.8. The van der Waals surface area contributed by atoms with Crippen LogP contribution in [0.1, 0.15) is 17.6 Å². The first-order chi connectivity index (χ1) is 12.1. The van der Waals surface area contributed by atoms with Gasteiger partial charge in [-0.25, -0.2) is 14.4 Å². The number of aryl methyl sites for hydroxylation is 1. The van der Waals surface area contributed by atoms with Crippen LogP contribution in [-0.4, -0.2) is 36.5 Å². The van der Waals surface area contributed by atoms with Gasteiger partial charge in [0.15, 0.2) is 5.96 Å². The predicted molar refractivity (Wildman–Crippen MR) is 115 cm³/mol. The standard InChI is InChI=1S/C17H22FN5OS.HI/c1-3-19-17(20-8-7-15-11-25-12(2)22-15)21-10-16(24)23-14-6-4-5-13(18)9-14;/h4-6,9,11H,3,7-8,10H2,1-2H3,(H,23,24)(H2,19,20,21);1H. The van der Waals surface area contributed by atoms with Crippen LogP contribution in [0, 0.1) is 12.7 Å². The number of rotatable bonds is 7. The zero-order chi connectivity index (χ0) is 18.1. The molecule has 1 heterocycles. The number of halogens is 2. The molecular weight excluding hydrogens is 468 g/mol. The molecule has 0 atom stereocenters. The Morgan fingerprint density at radius 3 is 2.81 bits per heavy atom. The molecule has 0 spiro atoms. The molecule has 0 radical (unpaired) electrons. The Hall–Kier alpha value is -1.75. The Balaban J connectivity index is 0.00000338. The van der Waals surface area contributed by atoms with Crippen LogP contribution < -0.4 is 16.0 Å². The van der Waals surface area contributed by atoms with E-state index in [9.17, 15) is 9.18 Å². The topological polar surface area (TPSA) is 78.4 Å². The smallest absolute Gasteiger partial charge is 0.246 e. The molecule has 0 bridgehead atoms. The van der Waals surface area contributed by atoms with Gasteiger partial charge in [-0.2, -0.15) is 0 Å². The third-order valence-electron chi connectivity index (χ3n) is 3.17. The largest absolute Gasteiger partial charge is 0.357 e. The van der Waals surface area contributed by atoms with Crippen LogP contribution in [0.3, 0.4) is 0 Å². The Bertz CT molecular complexity index is 737. The van der Waals surface area contributed by atoms with Crippen molar-refractivity contribution in [2.75, 3.05) is 25.0 Å². The van der Waals surface area contributed by atoms with Crippen LogP contribution in [0.5, 0.6) is 0 Å². The molecule has 2 aromatic rings. The van der Waals surface area contributed by atoms with E-state index < -0.39 is 5.82 Å². The van der Waals surface area contributed by atoms with Gasteiger partial charge in [-0.1, -0.05) is 6.07 Å². The lowest BCUT2D eigenvalue weighted by atomic mass is 10.3. The number of carbonyl (C=O) groups excluding carboxylic acids is 1. The van der Waals surface area contributed by atoms with Crippen molar-refractivity contribution in [2.45, 2.75) is 20.3 Å². The third kappa shape index (κ3) is 8.09. The molecule has 0 fully saturated rings. The Morgan fingerprint density at radius 2 is 2.15 bits per heavy atom. The van der Waals surface area contributed by atoms with Gasteiger partial charge in [0.2, 0.25) is 5.91 Å². The maximum absolute atomic E-state index is 13.1. The van der Waals surface area contributed by atoms with Crippen molar-refractivity contribution in [3.05, 3.63) is 46.2 Å². The zero-order valence-electron chi connectivity index (χ0n) is 14.7. The lowest BCUT2D eigenvalue weighted by molar-refractivity contribution is -0.114. The fourth-order valence-corrected chi connectivity index (χ4v) is 2.74. The van der Waals surface area contributed by atoms with Crippen molar-refractivity contribution in [2.24, 2.45) is 4.99 Å². The van der Waals surface area contributed by atoms with Crippen molar-refractivity contribution in [1.29, 1.82) is 0 Å². The van der Waals surface area contributed by atoms with Gasteiger partial charge < -0.3 is 16.0 Å². The number of guanidine groups is 1. The summed E-state index contributed by atoms with van der Waals surface area (Å²) in [6.45, 7) is 5.23. The molecule has 1 aromatic heterocycles. The monoisotopic (exact) mass is 491 g/mol. The van der Waals surface area contributed by atoms with E-state index in [-0.39, 0.29) is 36.4 Å². The molecule has 0 aliphatic heterocycles. The maximum Gasteiger partial charge on any atom is 0.246 e. The molecule has 2 rings (SSSR count). The molecule has 3 N–H and O–H groups in total. The third-order valence-corrected chi connectivity index (χ3v) is 4.00. The van der Waals surface area contributed by atoms with Gasteiger partial charge in [-0.05, 0) is 32.0 Å². The highest BCUT2D eigenvalue weighted by molar-refractivity contribution is 14.0. The lowest BCUT2D eigenvalue weighted by Gasteiger charge is -2.10. The summed E-state index contributed by atoms with van der Waals surface area (Å²) in [6.07, 6.45) is 0.782. The van der Waals surface area contributed by atoms with E-state index in [1.165, 1.54) is 12.1 Å². The summed E-state index contributed by atoms with van der Waals surface area (Å²) in [5, 5.41) is 11.9. The van der Waals surface area contributed by atoms with E-state index >= 15 is 0 Å². The number of benzene rings is 1. The van der Waals surface area contributed by atoms with Gasteiger partial charge in [0, 0.05) is 30.6 Å². The minimum Gasteiger partial charge on any atom is -0.357 e. The molecule has 1 aromatic carbocycles. The highest BCUT2D eigenvalue weighted by atomic mass is 127. The van der Waals surface area contributed by atoms with E-state index in [4.69, 9.17) is 0 Å². The Kier molecular flexibility index (Phi) is 10.1. The Morgan fingerprint density at radius 1 is 1.35 bits per heavy atom. The minimum atomic E-state index is -0.395. The van der Waals surface area contributed by atoms with Gasteiger partial charge >= 0.3 is 0 Å². The molecule has 0 unspecified atom stereocenters. The van der Waals surface area contributed by atoms with Gasteiger partial charge in [0.1, 0.15) is 12.4 Å². The van der Waals surface area contributed by atoms with Crippen LogP contribution in [0.15, 0.2) is 34.6 Å². The van der Waals surface area contributed by atoms with E-state index in [0.717, 1.165) is 17.1 Å². The molecule has 0 aliphatic rings. The summed E-state index contributed by atoms with van der Waals surface area (Å²) in [5.74, 6) is -0.143. The molecular formula is C17H23FIN5OS. The SMILES string of the molecule is CCNC(=NCC(=O)Nc1cccc(F)c1)NCCc1csc(C)n1.I. The van der Waals surface area contributed by atoms with Crippen molar-refractivity contribution < 1.29 is 9.18 Å². The fraction of sp³-hybridized carbons (Fsp3) is 0.353. The summed E-state index contributed by atoms with van der Waals surface area (Å²) >= 11 is 1.63. The lowest BCUT2D eigenvalue weighted by Crippen LogP contribution is -2.39. The van der Waals surface area contributed by atoms with Crippen molar-refractivity contribution >= 4 is 52.9 Å². The molecule has 9 heteroatoms. The summed E-state index contributed by atoms with van der Waals surface area (Å²) in [5.41, 5.74) is 1.45. The van der Waals surface area contributed by atoms with E-state index in [2.05, 4.69) is 25.9 Å². The average molecular weight is 491 g/mol. The zero-order valence-corrected chi connectivity index (χ0v) is 17.9. The summed E-state index contributed by atoms with van der Waals surface area (Å²) in [4.78, 5) is 20.6. The highest BCUT2D eigenvalue weighted by Crippen LogP contribution is 2.09. The van der Waals surface area contributed by atoms with Crippen LogP contribution in [0.25, 0.3) is 0 Å². The van der Waals surface area contributed by atoms with E-state index in [1.807, 2.05) is 19.2 Å². The highest BCUT2D eigenvalue weighted by Gasteiger charge is 2.04. The van der Waals surface area contributed by atoms with Gasteiger partial charge in [-0.15, -0.1) is 35.3 Å². The van der Waals surface area contributed by atoms with Gasteiger partial charge in [0.25, 0.3) is 0 Å². The average Bonchev–Trinajstić information content (AvgIpc) is 2.98. The first-order valence-corrected chi connectivity index (χ1v) is 8.93. The molecule has 0 saturated carbocycles. The van der Waals surface area contributed by atoms with Crippen LogP contribution in [-0.2, 0) is 11.2 Å². The molecule has 0 saturated heterocycles. The van der Waals surface area contributed by atoms with Crippen LogP contribution >= 0.6 is 35.3 Å². The number of anilines is 1. The van der Waals surface area contributed by atoms with Gasteiger partial charge in [0.05, 0.1) is 10.7 Å². The number of hydrogen-bond acceptors (Lipinski definition) is 4. The van der Waals surface area contributed by atoms with Crippen molar-refractivity contribution in [3.8, 4) is 0 Å². The maximum atomic E-state index is 13.1. The molecule has 142 valence electrons. The molecule has 1 amide bonds. The summed E-state index contributed by atoms with van der Waals surface area (Å²) < 4.78 is 13.1. The molecule has 6 nitrogen and oxygen atoms in total. The van der Waals surface area contributed by atoms with Gasteiger partial charge in [-0.3, -0.25) is 4.79 Å². The fourth-order valence-electron chi connectivity index (χ4n) is 2.09. The second-order valence-electron chi connectivity index (χ2n) is 5.29. The van der Waals surface area contributed by atoms with Crippen LogP contribution in [0.2, 0.25) is 0 Å². The van der Waals surface area contributed by atoms with Crippen molar-refractivity contribution in [1.82, 2.24) is 15.6 Å². The van der Waals surface area contributed by atoms with Crippen molar-refractivity contribution in [3.63, 3.8) is 0 Å². The number of hydrogen-bond donors (Lipinski definition) is 3. The predicted octanol–water partition coefficient (Wildman–Crippen LogP) is 2.94. The Labute approximate surface area is 173 Å². The number of thiazole rings is 1. The molecule has 26 heavy (non-hydrogen) atoms. The summed E-state index contributed by atoms with van der Waals surface area (Å²) in [6, 6.07) is 5.76. The number of amides is 1. The number of aromatic nitrogens is 1. The first kappa shape index (κ1) is 22.3. The quantitative estimate of drug-likeness (QED) is 0.316. The number of carbonyl (C=O) groups is 1. The first-order valence-electron chi connectivity index (χ1n) is 8.05. The van der Waals surface area contributed by atoms with Crippen LogP contribution in [0.4, 0.5) is 10.1 Å². The molecule has 0 aliphatic carbocycles. The summed E-state index contributed by atoms with van der Waals surface area (Å²) in [7, 11) is 0. The second kappa shape index (κ2) is 11.8. The number of nitrogens with one attached hydrogen (secondary N) is 3. The van der Waals surface area contributed by atoms with E-state index in [0.29, 0.717) is 24.7 Å². The second-order valence-corrected chi connectivity index (χ2v) is 6.35.